The first-order chi connectivity index (χ1) is 5.88. The summed E-state index contributed by atoms with van der Waals surface area (Å²) in [4.78, 5) is 17.4. The fourth-order valence-electron chi connectivity index (χ4n) is 1.06. The summed E-state index contributed by atoms with van der Waals surface area (Å²) in [7, 11) is -4.09. The molecule has 0 bridgehead atoms. The second-order valence-corrected chi connectivity index (χ2v) is 4.60. The Kier molecular flexibility index (Phi) is 2.76. The summed E-state index contributed by atoms with van der Waals surface area (Å²) in [5, 5.41) is 9.25. The van der Waals surface area contributed by atoms with Gasteiger partial charge in [-0.2, -0.15) is 0 Å². The average Bonchev–Trinajstić information content (AvgIpc) is 1.94. The molecule has 0 unspecified atom stereocenters. The molecule has 0 saturated carbocycles. The Bertz CT molecular complexity index is 355. The molecular formula is C8H11O4P. The first-order valence-corrected chi connectivity index (χ1v) is 5.51. The van der Waals surface area contributed by atoms with Crippen molar-refractivity contribution >= 4 is 7.60 Å². The highest BCUT2D eigenvalue weighted by Gasteiger charge is 2.16. The van der Waals surface area contributed by atoms with Gasteiger partial charge in [0.1, 0.15) is 5.75 Å². The largest absolute Gasteiger partial charge is 0.508 e. The van der Waals surface area contributed by atoms with Gasteiger partial charge >= 0.3 is 7.60 Å². The van der Waals surface area contributed by atoms with Gasteiger partial charge in [0.15, 0.2) is 0 Å². The van der Waals surface area contributed by atoms with Crippen molar-refractivity contribution in [2.24, 2.45) is 0 Å². The van der Waals surface area contributed by atoms with Crippen LogP contribution in [0.5, 0.6) is 5.75 Å². The molecule has 0 spiro atoms. The Morgan fingerprint density at radius 2 is 2.00 bits per heavy atom. The predicted molar refractivity (Wildman–Crippen MR) is 48.6 cm³/mol. The third-order valence-electron chi connectivity index (χ3n) is 1.61. The molecule has 1 rings (SSSR count). The van der Waals surface area contributed by atoms with Crippen molar-refractivity contribution in [3.63, 3.8) is 0 Å². The minimum absolute atomic E-state index is 0.0751. The van der Waals surface area contributed by atoms with E-state index in [0.29, 0.717) is 0 Å². The van der Waals surface area contributed by atoms with Crippen molar-refractivity contribution in [3.8, 4) is 5.75 Å². The number of phenols is 1. The lowest BCUT2D eigenvalue weighted by Crippen LogP contribution is -1.88. The van der Waals surface area contributed by atoms with Crippen molar-refractivity contribution in [1.82, 2.24) is 0 Å². The van der Waals surface area contributed by atoms with E-state index in [1.54, 1.807) is 19.1 Å². The van der Waals surface area contributed by atoms with Crippen LogP contribution in [-0.2, 0) is 10.7 Å². The minimum atomic E-state index is -4.09. The first-order valence-electron chi connectivity index (χ1n) is 3.71. The fourth-order valence-corrected chi connectivity index (χ4v) is 1.76. The summed E-state index contributed by atoms with van der Waals surface area (Å²) in [6, 6.07) is 4.67. The highest BCUT2D eigenvalue weighted by Crippen LogP contribution is 2.41. The lowest BCUT2D eigenvalue weighted by Gasteiger charge is -2.06. The molecule has 0 fully saturated rings. The van der Waals surface area contributed by atoms with E-state index < -0.39 is 13.8 Å². The SMILES string of the molecule is Cc1ccc(O)c(CP(=O)(O)O)c1. The number of rotatable bonds is 2. The molecule has 0 radical (unpaired) electrons. The molecule has 1 aromatic rings. The van der Waals surface area contributed by atoms with Gasteiger partial charge in [0.2, 0.25) is 0 Å². The summed E-state index contributed by atoms with van der Waals surface area (Å²) in [6.45, 7) is 1.79. The third kappa shape index (κ3) is 3.19. The van der Waals surface area contributed by atoms with Gasteiger partial charge in [-0.15, -0.1) is 0 Å². The van der Waals surface area contributed by atoms with Gasteiger partial charge in [0, 0.05) is 5.56 Å². The molecular weight excluding hydrogens is 191 g/mol. The molecule has 0 amide bonds. The maximum absolute atomic E-state index is 10.6. The Labute approximate surface area is 76.0 Å². The molecule has 72 valence electrons. The highest BCUT2D eigenvalue weighted by atomic mass is 31.2. The topological polar surface area (TPSA) is 77.8 Å². The molecule has 0 aliphatic heterocycles. The van der Waals surface area contributed by atoms with Gasteiger partial charge in [0.25, 0.3) is 0 Å². The summed E-state index contributed by atoms with van der Waals surface area (Å²) in [5.74, 6) is -0.0751. The minimum Gasteiger partial charge on any atom is -0.508 e. The predicted octanol–water partition coefficient (Wildman–Crippen LogP) is 1.38. The van der Waals surface area contributed by atoms with Crippen molar-refractivity contribution < 1.29 is 19.5 Å². The number of benzene rings is 1. The summed E-state index contributed by atoms with van der Waals surface area (Å²) in [5.41, 5.74) is 1.15. The van der Waals surface area contributed by atoms with E-state index in [1.807, 2.05) is 0 Å². The zero-order valence-electron chi connectivity index (χ0n) is 7.14. The van der Waals surface area contributed by atoms with Crippen LogP contribution in [-0.4, -0.2) is 14.9 Å². The number of aryl methyl sites for hydroxylation is 1. The Morgan fingerprint density at radius 3 is 2.54 bits per heavy atom. The third-order valence-corrected chi connectivity index (χ3v) is 2.36. The van der Waals surface area contributed by atoms with Gasteiger partial charge < -0.3 is 14.9 Å². The lowest BCUT2D eigenvalue weighted by atomic mass is 10.1. The van der Waals surface area contributed by atoms with Crippen LogP contribution >= 0.6 is 7.60 Å². The van der Waals surface area contributed by atoms with E-state index in [-0.39, 0.29) is 11.3 Å². The van der Waals surface area contributed by atoms with Gasteiger partial charge in [-0.3, -0.25) is 4.57 Å². The highest BCUT2D eigenvalue weighted by molar-refractivity contribution is 7.50. The summed E-state index contributed by atoms with van der Waals surface area (Å²) >= 11 is 0. The molecule has 0 atom stereocenters. The quantitative estimate of drug-likeness (QED) is 0.633. The zero-order chi connectivity index (χ0) is 10.1. The molecule has 3 N–H and O–H groups in total. The summed E-state index contributed by atoms with van der Waals surface area (Å²) in [6.07, 6.45) is -0.416. The second kappa shape index (κ2) is 3.50. The molecule has 0 aromatic heterocycles. The molecule has 13 heavy (non-hydrogen) atoms. The maximum Gasteiger partial charge on any atom is 0.330 e. The van der Waals surface area contributed by atoms with Crippen molar-refractivity contribution in [3.05, 3.63) is 29.3 Å². The zero-order valence-corrected chi connectivity index (χ0v) is 8.03. The van der Waals surface area contributed by atoms with E-state index in [0.717, 1.165) is 5.56 Å². The Hall–Kier alpha value is -0.830. The van der Waals surface area contributed by atoms with Crippen LogP contribution in [0, 0.1) is 6.92 Å². The second-order valence-electron chi connectivity index (χ2n) is 2.95. The Balaban J connectivity index is 3.01. The molecule has 0 aliphatic rings. The van der Waals surface area contributed by atoms with Crippen LogP contribution in [0.25, 0.3) is 0 Å². The van der Waals surface area contributed by atoms with Crippen LogP contribution in [0.15, 0.2) is 18.2 Å². The summed E-state index contributed by atoms with van der Waals surface area (Å²) < 4.78 is 10.6. The molecule has 0 saturated heterocycles. The van der Waals surface area contributed by atoms with Crippen LogP contribution in [0.2, 0.25) is 0 Å². The van der Waals surface area contributed by atoms with Crippen molar-refractivity contribution in [2.45, 2.75) is 13.1 Å². The number of aromatic hydroxyl groups is 1. The molecule has 0 aliphatic carbocycles. The van der Waals surface area contributed by atoms with E-state index in [1.165, 1.54) is 6.07 Å². The number of hydrogen-bond donors (Lipinski definition) is 3. The van der Waals surface area contributed by atoms with Crippen molar-refractivity contribution in [2.75, 3.05) is 0 Å². The van der Waals surface area contributed by atoms with Crippen LogP contribution < -0.4 is 0 Å². The smallest absolute Gasteiger partial charge is 0.330 e. The monoisotopic (exact) mass is 202 g/mol. The number of hydrogen-bond acceptors (Lipinski definition) is 2. The van der Waals surface area contributed by atoms with Crippen LogP contribution in [0.1, 0.15) is 11.1 Å². The van der Waals surface area contributed by atoms with Gasteiger partial charge in [0.05, 0.1) is 6.16 Å². The standard InChI is InChI=1S/C8H11O4P/c1-6-2-3-8(9)7(4-6)5-13(10,11)12/h2-4,9H,5H2,1H3,(H2,10,11,12). The van der Waals surface area contributed by atoms with Gasteiger partial charge in [-0.05, 0) is 13.0 Å². The molecule has 4 nitrogen and oxygen atoms in total. The normalized spacial score (nSPS) is 11.6. The average molecular weight is 202 g/mol. The van der Waals surface area contributed by atoms with E-state index in [4.69, 9.17) is 9.79 Å². The van der Waals surface area contributed by atoms with E-state index >= 15 is 0 Å². The molecule has 5 heteroatoms. The molecule has 1 aromatic carbocycles. The number of phenolic OH excluding ortho intramolecular Hbond substituents is 1. The maximum atomic E-state index is 10.6. The fraction of sp³-hybridized carbons (Fsp3) is 0.250. The van der Waals surface area contributed by atoms with E-state index in [2.05, 4.69) is 0 Å². The van der Waals surface area contributed by atoms with Crippen LogP contribution in [0.3, 0.4) is 0 Å². The molecule has 0 heterocycles. The van der Waals surface area contributed by atoms with Gasteiger partial charge in [-0.25, -0.2) is 0 Å². The van der Waals surface area contributed by atoms with E-state index in [9.17, 15) is 9.67 Å². The van der Waals surface area contributed by atoms with Crippen LogP contribution in [0.4, 0.5) is 0 Å². The van der Waals surface area contributed by atoms with Gasteiger partial charge in [-0.1, -0.05) is 17.7 Å². The lowest BCUT2D eigenvalue weighted by molar-refractivity contribution is 0.370. The first kappa shape index (κ1) is 10.3. The van der Waals surface area contributed by atoms with Crippen molar-refractivity contribution in [1.29, 1.82) is 0 Å². The Morgan fingerprint density at radius 1 is 1.38 bits per heavy atom.